The summed E-state index contributed by atoms with van der Waals surface area (Å²) in [7, 11) is 0. The highest BCUT2D eigenvalue weighted by Gasteiger charge is 1.83. The van der Waals surface area contributed by atoms with Crippen LogP contribution in [0.1, 0.15) is 51.9 Å². The predicted molar refractivity (Wildman–Crippen MR) is 65.1 cm³/mol. The van der Waals surface area contributed by atoms with E-state index in [1.165, 1.54) is 32.1 Å². The summed E-state index contributed by atoms with van der Waals surface area (Å²) in [6.07, 6.45) is 22.2. The molecule has 0 nitrogen and oxygen atoms in total. The van der Waals surface area contributed by atoms with E-state index in [0.717, 1.165) is 12.8 Å². The van der Waals surface area contributed by atoms with Crippen LogP contribution in [0.3, 0.4) is 0 Å². The summed E-state index contributed by atoms with van der Waals surface area (Å²) in [4.78, 5) is 0. The van der Waals surface area contributed by atoms with Gasteiger partial charge in [-0.05, 0) is 19.3 Å². The molecule has 0 aliphatic carbocycles. The van der Waals surface area contributed by atoms with Crippen molar-refractivity contribution in [1.29, 1.82) is 0 Å². The van der Waals surface area contributed by atoms with Crippen LogP contribution in [0.4, 0.5) is 0 Å². The van der Waals surface area contributed by atoms with Crippen molar-refractivity contribution in [2.45, 2.75) is 51.9 Å². The summed E-state index contributed by atoms with van der Waals surface area (Å²) in [5, 5.41) is 0. The highest BCUT2D eigenvalue weighted by atomic mass is 13.9. The van der Waals surface area contributed by atoms with E-state index in [-0.39, 0.29) is 0 Å². The van der Waals surface area contributed by atoms with E-state index in [1.54, 1.807) is 0 Å². The fourth-order valence-corrected chi connectivity index (χ4v) is 1.23. The Morgan fingerprint density at radius 2 is 1.79 bits per heavy atom. The van der Waals surface area contributed by atoms with Crippen LogP contribution in [0, 0.1) is 12.3 Å². The van der Waals surface area contributed by atoms with Gasteiger partial charge < -0.3 is 0 Å². The van der Waals surface area contributed by atoms with Crippen molar-refractivity contribution in [2.75, 3.05) is 0 Å². The molecule has 0 aromatic carbocycles. The Kier molecular flexibility index (Phi) is 11.2. The van der Waals surface area contributed by atoms with Crippen LogP contribution in [-0.2, 0) is 0 Å². The summed E-state index contributed by atoms with van der Waals surface area (Å²) in [6.45, 7) is 2.24. The van der Waals surface area contributed by atoms with Crippen molar-refractivity contribution in [3.8, 4) is 12.3 Å². The minimum Gasteiger partial charge on any atom is -0.120 e. The van der Waals surface area contributed by atoms with Gasteiger partial charge in [-0.25, -0.2) is 0 Å². The van der Waals surface area contributed by atoms with Crippen molar-refractivity contribution >= 4 is 0 Å². The Morgan fingerprint density at radius 3 is 2.50 bits per heavy atom. The molecule has 78 valence electrons. The Morgan fingerprint density at radius 1 is 1.00 bits per heavy atom. The van der Waals surface area contributed by atoms with Gasteiger partial charge in [0.15, 0.2) is 0 Å². The molecule has 0 heterocycles. The molecule has 0 aromatic rings. The Labute approximate surface area is 89.1 Å². The molecule has 0 bridgehead atoms. The second-order valence-electron chi connectivity index (χ2n) is 3.44. The SMILES string of the molecule is C#CC/C=C/C/C=C/CCCCCC. The summed E-state index contributed by atoms with van der Waals surface area (Å²) in [5.74, 6) is 2.58. The van der Waals surface area contributed by atoms with Crippen molar-refractivity contribution in [2.24, 2.45) is 0 Å². The van der Waals surface area contributed by atoms with Gasteiger partial charge in [-0.3, -0.25) is 0 Å². The molecule has 0 aliphatic heterocycles. The molecule has 14 heavy (non-hydrogen) atoms. The molecule has 0 saturated carbocycles. The average Bonchev–Trinajstić information content (AvgIpc) is 2.21. The minimum absolute atomic E-state index is 0.754. The van der Waals surface area contributed by atoms with E-state index in [4.69, 9.17) is 6.42 Å². The molecular weight excluding hydrogens is 168 g/mol. The Hall–Kier alpha value is -0.960. The maximum absolute atomic E-state index is 5.12. The van der Waals surface area contributed by atoms with E-state index >= 15 is 0 Å². The number of hydrogen-bond acceptors (Lipinski definition) is 0. The van der Waals surface area contributed by atoms with Gasteiger partial charge in [0.25, 0.3) is 0 Å². The smallest absolute Gasteiger partial charge is 0.0267 e. The molecule has 0 unspecified atom stereocenters. The highest BCUT2D eigenvalue weighted by molar-refractivity contribution is 4.99. The van der Waals surface area contributed by atoms with Crippen LogP contribution in [0.15, 0.2) is 24.3 Å². The lowest BCUT2D eigenvalue weighted by Crippen LogP contribution is -1.73. The maximum Gasteiger partial charge on any atom is 0.0267 e. The van der Waals surface area contributed by atoms with E-state index < -0.39 is 0 Å². The van der Waals surface area contributed by atoms with Crippen molar-refractivity contribution in [3.05, 3.63) is 24.3 Å². The molecule has 0 rings (SSSR count). The van der Waals surface area contributed by atoms with Crippen LogP contribution in [0.25, 0.3) is 0 Å². The minimum atomic E-state index is 0.754. The molecule has 0 fully saturated rings. The second-order valence-corrected chi connectivity index (χ2v) is 3.44. The third-order valence-corrected chi connectivity index (χ3v) is 2.07. The lowest BCUT2D eigenvalue weighted by molar-refractivity contribution is 0.674. The van der Waals surface area contributed by atoms with Gasteiger partial charge in [0.1, 0.15) is 0 Å². The largest absolute Gasteiger partial charge is 0.120 e. The molecular formula is C14H22. The summed E-state index contributed by atoms with van der Waals surface area (Å²) < 4.78 is 0. The van der Waals surface area contributed by atoms with E-state index in [2.05, 4.69) is 31.1 Å². The van der Waals surface area contributed by atoms with Crippen molar-refractivity contribution < 1.29 is 0 Å². The molecule has 0 N–H and O–H groups in total. The standard InChI is InChI=1S/C14H22/c1-3-5-7-9-11-13-14-12-10-8-6-4-2/h1,7,9,13-14H,4-6,8,10-12H2,2H3/b9-7+,14-13+. The Bertz CT molecular complexity index is 191. The van der Waals surface area contributed by atoms with Crippen LogP contribution < -0.4 is 0 Å². The zero-order valence-electron chi connectivity index (χ0n) is 9.34. The number of rotatable bonds is 8. The summed E-state index contributed by atoms with van der Waals surface area (Å²) in [6, 6.07) is 0. The lowest BCUT2D eigenvalue weighted by Gasteiger charge is -1.93. The summed E-state index contributed by atoms with van der Waals surface area (Å²) >= 11 is 0. The average molecular weight is 190 g/mol. The highest BCUT2D eigenvalue weighted by Crippen LogP contribution is 2.03. The molecule has 0 atom stereocenters. The number of allylic oxidation sites excluding steroid dienone is 4. The van der Waals surface area contributed by atoms with Crippen LogP contribution >= 0.6 is 0 Å². The molecule has 0 aliphatic rings. The molecule has 0 aromatic heterocycles. The third kappa shape index (κ3) is 11.0. The van der Waals surface area contributed by atoms with Crippen molar-refractivity contribution in [1.82, 2.24) is 0 Å². The second kappa shape index (κ2) is 12.0. The first-order valence-corrected chi connectivity index (χ1v) is 5.65. The first kappa shape index (κ1) is 13.0. The maximum atomic E-state index is 5.12. The van der Waals surface area contributed by atoms with E-state index in [0.29, 0.717) is 0 Å². The molecule has 0 saturated heterocycles. The normalized spacial score (nSPS) is 11.1. The molecule has 0 radical (unpaired) electrons. The topological polar surface area (TPSA) is 0 Å². The van der Waals surface area contributed by atoms with Gasteiger partial charge in [-0.15, -0.1) is 12.3 Å². The van der Waals surface area contributed by atoms with Gasteiger partial charge in [-0.1, -0.05) is 50.5 Å². The quantitative estimate of drug-likeness (QED) is 0.301. The Balaban J connectivity index is 3.16. The first-order chi connectivity index (χ1) is 6.91. The van der Waals surface area contributed by atoms with Crippen LogP contribution in [0.5, 0.6) is 0 Å². The van der Waals surface area contributed by atoms with Gasteiger partial charge >= 0.3 is 0 Å². The monoisotopic (exact) mass is 190 g/mol. The van der Waals surface area contributed by atoms with Crippen LogP contribution in [0.2, 0.25) is 0 Å². The summed E-state index contributed by atoms with van der Waals surface area (Å²) in [5.41, 5.74) is 0. The first-order valence-electron chi connectivity index (χ1n) is 5.65. The zero-order valence-corrected chi connectivity index (χ0v) is 9.34. The third-order valence-electron chi connectivity index (χ3n) is 2.07. The fraction of sp³-hybridized carbons (Fsp3) is 0.571. The van der Waals surface area contributed by atoms with Gasteiger partial charge in [0.2, 0.25) is 0 Å². The number of hydrogen-bond donors (Lipinski definition) is 0. The van der Waals surface area contributed by atoms with Gasteiger partial charge in [0, 0.05) is 6.42 Å². The zero-order chi connectivity index (χ0) is 10.5. The fourth-order valence-electron chi connectivity index (χ4n) is 1.23. The van der Waals surface area contributed by atoms with Gasteiger partial charge in [-0.2, -0.15) is 0 Å². The predicted octanol–water partition coefficient (Wildman–Crippen LogP) is 4.48. The molecule has 0 heteroatoms. The number of unbranched alkanes of at least 4 members (excludes halogenated alkanes) is 4. The van der Waals surface area contributed by atoms with Crippen LogP contribution in [-0.4, -0.2) is 0 Å². The van der Waals surface area contributed by atoms with E-state index in [9.17, 15) is 0 Å². The lowest BCUT2D eigenvalue weighted by atomic mass is 10.1. The van der Waals surface area contributed by atoms with E-state index in [1.807, 2.05) is 6.08 Å². The van der Waals surface area contributed by atoms with Gasteiger partial charge in [0.05, 0.1) is 0 Å². The molecule has 0 amide bonds. The molecule has 0 spiro atoms. The number of terminal acetylenes is 1. The van der Waals surface area contributed by atoms with Crippen molar-refractivity contribution in [3.63, 3.8) is 0 Å².